The molecule has 0 saturated carbocycles. The summed E-state index contributed by atoms with van der Waals surface area (Å²) >= 11 is 0. The summed E-state index contributed by atoms with van der Waals surface area (Å²) in [4.78, 5) is 4.97. The average molecular weight is 271 g/mol. The molecule has 1 atom stereocenters. The Bertz CT molecular complexity index is 201. The van der Waals surface area contributed by atoms with Crippen molar-refractivity contribution in [2.24, 2.45) is 5.41 Å². The highest BCUT2D eigenvalue weighted by Crippen LogP contribution is 2.32. The minimum absolute atomic E-state index is 0.557. The molecule has 0 N–H and O–H groups in total. The van der Waals surface area contributed by atoms with Gasteiger partial charge in [0.1, 0.15) is 0 Å². The van der Waals surface area contributed by atoms with Gasteiger partial charge in [0.05, 0.1) is 0 Å². The maximum Gasteiger partial charge on any atom is -0.00188 e. The van der Waals surface area contributed by atoms with Gasteiger partial charge in [0.25, 0.3) is 0 Å². The Labute approximate surface area is 122 Å². The zero-order valence-electron chi connectivity index (χ0n) is 14.5. The molecule has 116 valence electrons. The van der Waals surface area contributed by atoms with Crippen LogP contribution >= 0.6 is 0 Å². The molecule has 0 aliphatic heterocycles. The molecule has 0 fully saturated rings. The SMILES string of the molecule is CCN(C)CCCC(C)(CC)CCCN(CC)CC. The molecule has 0 aliphatic rings. The lowest BCUT2D eigenvalue weighted by atomic mass is 9.78. The Morgan fingerprint density at radius 2 is 1.32 bits per heavy atom. The molecule has 0 aromatic heterocycles. The van der Waals surface area contributed by atoms with Gasteiger partial charge in [-0.2, -0.15) is 0 Å². The Kier molecular flexibility index (Phi) is 10.6. The summed E-state index contributed by atoms with van der Waals surface area (Å²) in [5.41, 5.74) is 0.557. The van der Waals surface area contributed by atoms with E-state index in [2.05, 4.69) is 51.5 Å². The van der Waals surface area contributed by atoms with Crippen LogP contribution in [0.15, 0.2) is 0 Å². The summed E-state index contributed by atoms with van der Waals surface area (Å²) in [7, 11) is 2.23. The van der Waals surface area contributed by atoms with Gasteiger partial charge in [0.15, 0.2) is 0 Å². The van der Waals surface area contributed by atoms with Crippen molar-refractivity contribution in [1.82, 2.24) is 9.80 Å². The first kappa shape index (κ1) is 18.9. The lowest BCUT2D eigenvalue weighted by Gasteiger charge is -2.30. The highest BCUT2D eigenvalue weighted by Gasteiger charge is 2.21. The Balaban J connectivity index is 3.94. The molecule has 0 heterocycles. The third-order valence-electron chi connectivity index (χ3n) is 4.86. The Morgan fingerprint density at radius 1 is 0.789 bits per heavy atom. The molecule has 0 aromatic rings. The van der Waals surface area contributed by atoms with Crippen molar-refractivity contribution in [3.63, 3.8) is 0 Å². The highest BCUT2D eigenvalue weighted by atomic mass is 15.1. The topological polar surface area (TPSA) is 6.48 Å². The zero-order chi connectivity index (χ0) is 14.7. The molecule has 0 aromatic carbocycles. The molecule has 0 saturated heterocycles. The largest absolute Gasteiger partial charge is 0.307 e. The van der Waals surface area contributed by atoms with Crippen LogP contribution < -0.4 is 0 Å². The van der Waals surface area contributed by atoms with Crippen molar-refractivity contribution in [3.8, 4) is 0 Å². The van der Waals surface area contributed by atoms with Gasteiger partial charge >= 0.3 is 0 Å². The lowest BCUT2D eigenvalue weighted by Crippen LogP contribution is -2.26. The number of hydrogen-bond acceptors (Lipinski definition) is 2. The average Bonchev–Trinajstić information content (AvgIpc) is 2.43. The normalized spacial score (nSPS) is 15.2. The van der Waals surface area contributed by atoms with Crippen molar-refractivity contribution in [1.29, 1.82) is 0 Å². The molecule has 2 heteroatoms. The second kappa shape index (κ2) is 10.7. The molecule has 0 aliphatic carbocycles. The minimum Gasteiger partial charge on any atom is -0.307 e. The maximum absolute atomic E-state index is 2.54. The predicted molar refractivity (Wildman–Crippen MR) is 87.8 cm³/mol. The summed E-state index contributed by atoms with van der Waals surface area (Å²) in [6.45, 7) is 17.7. The summed E-state index contributed by atoms with van der Waals surface area (Å²) in [6, 6.07) is 0. The summed E-state index contributed by atoms with van der Waals surface area (Å²) in [6.07, 6.45) is 6.79. The Morgan fingerprint density at radius 3 is 1.74 bits per heavy atom. The third-order valence-corrected chi connectivity index (χ3v) is 4.86. The van der Waals surface area contributed by atoms with E-state index in [1.165, 1.54) is 64.8 Å². The summed E-state index contributed by atoms with van der Waals surface area (Å²) in [5.74, 6) is 0. The van der Waals surface area contributed by atoms with Gasteiger partial charge in [-0.15, -0.1) is 0 Å². The Hall–Kier alpha value is -0.0800. The second-order valence-corrected chi connectivity index (χ2v) is 6.29. The van der Waals surface area contributed by atoms with E-state index in [1.807, 2.05) is 0 Å². The number of hydrogen-bond donors (Lipinski definition) is 0. The molecule has 0 amide bonds. The fraction of sp³-hybridized carbons (Fsp3) is 1.00. The van der Waals surface area contributed by atoms with E-state index < -0.39 is 0 Å². The van der Waals surface area contributed by atoms with Gasteiger partial charge in [-0.05, 0) is 70.9 Å². The van der Waals surface area contributed by atoms with Crippen molar-refractivity contribution in [2.75, 3.05) is 39.8 Å². The van der Waals surface area contributed by atoms with E-state index in [0.29, 0.717) is 5.41 Å². The standard InChI is InChI=1S/C17H38N2/c1-7-17(5,13-11-15-18(6)8-2)14-12-16-19(9-3)10-4/h7-16H2,1-6H3. The van der Waals surface area contributed by atoms with E-state index >= 15 is 0 Å². The quantitative estimate of drug-likeness (QED) is 0.523. The smallest absolute Gasteiger partial charge is 0.00188 e. The van der Waals surface area contributed by atoms with Crippen LogP contribution in [0.4, 0.5) is 0 Å². The van der Waals surface area contributed by atoms with Gasteiger partial charge in [0.2, 0.25) is 0 Å². The van der Waals surface area contributed by atoms with Gasteiger partial charge in [0, 0.05) is 0 Å². The maximum atomic E-state index is 2.54. The fourth-order valence-electron chi connectivity index (χ4n) is 2.68. The van der Waals surface area contributed by atoms with Crippen molar-refractivity contribution in [3.05, 3.63) is 0 Å². The first-order valence-electron chi connectivity index (χ1n) is 8.42. The van der Waals surface area contributed by atoms with Gasteiger partial charge in [-0.1, -0.05) is 41.0 Å². The van der Waals surface area contributed by atoms with E-state index in [-0.39, 0.29) is 0 Å². The molecule has 1 unspecified atom stereocenters. The first-order chi connectivity index (χ1) is 9.01. The lowest BCUT2D eigenvalue weighted by molar-refractivity contribution is 0.208. The van der Waals surface area contributed by atoms with Crippen LogP contribution in [0.3, 0.4) is 0 Å². The van der Waals surface area contributed by atoms with Crippen LogP contribution in [-0.2, 0) is 0 Å². The zero-order valence-corrected chi connectivity index (χ0v) is 14.5. The van der Waals surface area contributed by atoms with Crippen LogP contribution in [0, 0.1) is 5.41 Å². The van der Waals surface area contributed by atoms with Crippen molar-refractivity contribution < 1.29 is 0 Å². The van der Waals surface area contributed by atoms with E-state index in [4.69, 9.17) is 0 Å². The molecule has 19 heavy (non-hydrogen) atoms. The molecule has 2 nitrogen and oxygen atoms in total. The van der Waals surface area contributed by atoms with Crippen LogP contribution in [-0.4, -0.2) is 49.6 Å². The highest BCUT2D eigenvalue weighted by molar-refractivity contribution is 4.74. The predicted octanol–water partition coefficient (Wildman–Crippen LogP) is 4.26. The molecule has 0 rings (SSSR count). The van der Waals surface area contributed by atoms with Crippen LogP contribution in [0.25, 0.3) is 0 Å². The van der Waals surface area contributed by atoms with Gasteiger partial charge in [-0.25, -0.2) is 0 Å². The van der Waals surface area contributed by atoms with E-state index in [9.17, 15) is 0 Å². The molecule has 0 bridgehead atoms. The summed E-state index contributed by atoms with van der Waals surface area (Å²) in [5, 5.41) is 0. The van der Waals surface area contributed by atoms with Crippen LogP contribution in [0.1, 0.15) is 66.7 Å². The molecular formula is C17H38N2. The van der Waals surface area contributed by atoms with Crippen LogP contribution in [0.2, 0.25) is 0 Å². The van der Waals surface area contributed by atoms with Gasteiger partial charge < -0.3 is 9.80 Å². The summed E-state index contributed by atoms with van der Waals surface area (Å²) < 4.78 is 0. The van der Waals surface area contributed by atoms with E-state index in [0.717, 1.165) is 0 Å². The number of rotatable bonds is 12. The fourth-order valence-corrected chi connectivity index (χ4v) is 2.68. The molecule has 0 radical (unpaired) electrons. The number of nitrogens with zero attached hydrogens (tertiary/aromatic N) is 2. The van der Waals surface area contributed by atoms with E-state index in [1.54, 1.807) is 0 Å². The van der Waals surface area contributed by atoms with Gasteiger partial charge in [-0.3, -0.25) is 0 Å². The van der Waals surface area contributed by atoms with Crippen LogP contribution in [0.5, 0.6) is 0 Å². The van der Waals surface area contributed by atoms with Crippen molar-refractivity contribution in [2.45, 2.75) is 66.7 Å². The molecular weight excluding hydrogens is 232 g/mol. The monoisotopic (exact) mass is 270 g/mol. The second-order valence-electron chi connectivity index (χ2n) is 6.29. The van der Waals surface area contributed by atoms with Crippen molar-refractivity contribution >= 4 is 0 Å². The molecule has 0 spiro atoms. The third kappa shape index (κ3) is 8.65. The minimum atomic E-state index is 0.557. The first-order valence-corrected chi connectivity index (χ1v) is 8.42.